The average molecular weight is 548 g/mol. The van der Waals surface area contributed by atoms with Crippen molar-refractivity contribution in [2.45, 2.75) is 85.0 Å². The highest BCUT2D eigenvalue weighted by Gasteiger charge is 2.25. The highest BCUT2D eigenvalue weighted by Crippen LogP contribution is 2.36. The number of anilines is 1. The topological polar surface area (TPSA) is 82.9 Å². The van der Waals surface area contributed by atoms with Gasteiger partial charge >= 0.3 is 0 Å². The molecule has 1 heterocycles. The SMILES string of the molecule is CCCCN(C)C(=O)CCCCCCCN(C(C)=O)c1c(C)n(C(=O)CCc2ccccc2)c2ccc(O)cc12. The second kappa shape index (κ2) is 15.2. The van der Waals surface area contributed by atoms with Gasteiger partial charge in [-0.15, -0.1) is 0 Å². The van der Waals surface area contributed by atoms with Gasteiger partial charge < -0.3 is 14.9 Å². The van der Waals surface area contributed by atoms with Crippen LogP contribution in [0.25, 0.3) is 10.9 Å². The zero-order chi connectivity index (χ0) is 29.1. The molecule has 0 unspecified atom stereocenters. The van der Waals surface area contributed by atoms with E-state index in [-0.39, 0.29) is 23.5 Å². The normalized spacial score (nSPS) is 11.1. The second-order valence-corrected chi connectivity index (χ2v) is 10.7. The van der Waals surface area contributed by atoms with Gasteiger partial charge in [-0.1, -0.05) is 62.9 Å². The van der Waals surface area contributed by atoms with E-state index < -0.39 is 0 Å². The van der Waals surface area contributed by atoms with E-state index in [0.29, 0.717) is 48.1 Å². The summed E-state index contributed by atoms with van der Waals surface area (Å²) >= 11 is 0. The van der Waals surface area contributed by atoms with Gasteiger partial charge in [0.05, 0.1) is 11.2 Å². The number of hydrogen-bond acceptors (Lipinski definition) is 4. The van der Waals surface area contributed by atoms with Crippen molar-refractivity contribution in [2.24, 2.45) is 0 Å². The predicted octanol–water partition coefficient (Wildman–Crippen LogP) is 6.88. The van der Waals surface area contributed by atoms with Crippen LogP contribution in [0.3, 0.4) is 0 Å². The Morgan fingerprint density at radius 2 is 1.57 bits per heavy atom. The molecule has 0 bridgehead atoms. The molecule has 0 aliphatic rings. The molecule has 7 heteroatoms. The Hall–Kier alpha value is -3.61. The molecule has 1 N–H and O–H groups in total. The summed E-state index contributed by atoms with van der Waals surface area (Å²) in [5.41, 5.74) is 3.19. The van der Waals surface area contributed by atoms with E-state index in [4.69, 9.17) is 0 Å². The fourth-order valence-electron chi connectivity index (χ4n) is 5.27. The van der Waals surface area contributed by atoms with Gasteiger partial charge in [0.15, 0.2) is 0 Å². The number of nitrogens with zero attached hydrogens (tertiary/aromatic N) is 3. The Balaban J connectivity index is 1.65. The molecule has 3 aromatic rings. The zero-order valence-electron chi connectivity index (χ0n) is 24.6. The molecule has 0 atom stereocenters. The summed E-state index contributed by atoms with van der Waals surface area (Å²) in [7, 11) is 1.88. The minimum absolute atomic E-state index is 0.0401. The van der Waals surface area contributed by atoms with Crippen molar-refractivity contribution in [1.82, 2.24) is 9.47 Å². The first-order valence-electron chi connectivity index (χ1n) is 14.7. The number of benzene rings is 2. The van der Waals surface area contributed by atoms with E-state index in [1.807, 2.05) is 49.2 Å². The summed E-state index contributed by atoms with van der Waals surface area (Å²) in [6.45, 7) is 6.90. The molecule has 0 fully saturated rings. The van der Waals surface area contributed by atoms with Gasteiger partial charge in [0.25, 0.3) is 0 Å². The standard InChI is InChI=1S/C33H45N3O4/c1-5-6-22-34(4)31(39)17-13-8-7-9-14-23-35(26(3)37)33-25(2)36(30-20-19-28(38)24-29(30)33)32(40)21-18-27-15-11-10-12-16-27/h10-12,15-16,19-20,24,38H,5-9,13-14,17-18,21-23H2,1-4H3. The number of phenols is 1. The maximum atomic E-state index is 13.4. The summed E-state index contributed by atoms with van der Waals surface area (Å²) in [5.74, 6) is 0.176. The van der Waals surface area contributed by atoms with E-state index in [0.717, 1.165) is 57.1 Å². The first-order chi connectivity index (χ1) is 19.2. The first-order valence-corrected chi connectivity index (χ1v) is 14.7. The lowest BCUT2D eigenvalue weighted by Gasteiger charge is -2.22. The summed E-state index contributed by atoms with van der Waals surface area (Å²) in [5, 5.41) is 11.0. The van der Waals surface area contributed by atoms with Crippen LogP contribution in [0.15, 0.2) is 48.5 Å². The third kappa shape index (κ3) is 8.20. The molecular formula is C33H45N3O4. The van der Waals surface area contributed by atoms with E-state index in [1.54, 1.807) is 34.6 Å². The Bertz CT molecular complexity index is 1280. The molecule has 3 rings (SSSR count). The maximum Gasteiger partial charge on any atom is 0.231 e. The van der Waals surface area contributed by atoms with Crippen molar-refractivity contribution in [3.8, 4) is 5.75 Å². The lowest BCUT2D eigenvalue weighted by atomic mass is 10.1. The molecule has 216 valence electrons. The van der Waals surface area contributed by atoms with Crippen molar-refractivity contribution < 1.29 is 19.5 Å². The Morgan fingerprint density at radius 1 is 0.875 bits per heavy atom. The number of phenolic OH excluding ortho intramolecular Hbond substituents is 1. The number of aryl methyl sites for hydroxylation is 1. The maximum absolute atomic E-state index is 13.4. The highest BCUT2D eigenvalue weighted by molar-refractivity contribution is 6.08. The molecule has 0 saturated carbocycles. The van der Waals surface area contributed by atoms with Crippen LogP contribution in [-0.2, 0) is 16.0 Å². The van der Waals surface area contributed by atoms with E-state index in [2.05, 4.69) is 6.92 Å². The molecule has 0 spiro atoms. The second-order valence-electron chi connectivity index (χ2n) is 10.7. The van der Waals surface area contributed by atoms with Gasteiger partial charge in [-0.25, -0.2) is 0 Å². The summed E-state index contributed by atoms with van der Waals surface area (Å²) in [6.07, 6.45) is 8.29. The number of aromatic nitrogens is 1. The summed E-state index contributed by atoms with van der Waals surface area (Å²) in [4.78, 5) is 42.0. The number of unbranched alkanes of at least 4 members (excludes halogenated alkanes) is 5. The third-order valence-electron chi connectivity index (χ3n) is 7.57. The molecule has 0 aliphatic carbocycles. The number of hydrogen-bond donors (Lipinski definition) is 1. The van der Waals surface area contributed by atoms with Gasteiger partial charge in [0.2, 0.25) is 17.7 Å². The largest absolute Gasteiger partial charge is 0.508 e. The van der Waals surface area contributed by atoms with Crippen LogP contribution in [0.4, 0.5) is 5.69 Å². The van der Waals surface area contributed by atoms with Gasteiger partial charge in [0.1, 0.15) is 5.75 Å². The molecule has 2 amide bonds. The highest BCUT2D eigenvalue weighted by atomic mass is 16.3. The first kappa shape index (κ1) is 30.9. The third-order valence-corrected chi connectivity index (χ3v) is 7.57. The molecule has 7 nitrogen and oxygen atoms in total. The molecule has 40 heavy (non-hydrogen) atoms. The number of amides is 2. The van der Waals surface area contributed by atoms with Gasteiger partial charge in [0, 0.05) is 51.0 Å². The van der Waals surface area contributed by atoms with Crippen molar-refractivity contribution in [2.75, 3.05) is 25.0 Å². The van der Waals surface area contributed by atoms with Crippen molar-refractivity contribution >= 4 is 34.3 Å². The van der Waals surface area contributed by atoms with Crippen LogP contribution >= 0.6 is 0 Å². The number of carbonyl (C=O) groups is 3. The molecule has 2 aromatic carbocycles. The van der Waals surface area contributed by atoms with Crippen LogP contribution in [0, 0.1) is 6.92 Å². The fraction of sp³-hybridized carbons (Fsp3) is 0.485. The summed E-state index contributed by atoms with van der Waals surface area (Å²) in [6, 6.07) is 14.9. The van der Waals surface area contributed by atoms with E-state index >= 15 is 0 Å². The minimum Gasteiger partial charge on any atom is -0.508 e. The van der Waals surface area contributed by atoms with Crippen LogP contribution in [-0.4, -0.2) is 52.4 Å². The molecule has 0 aliphatic heterocycles. The number of carbonyl (C=O) groups excluding carboxylic acids is 3. The van der Waals surface area contributed by atoms with Crippen LogP contribution in [0.1, 0.15) is 87.7 Å². The van der Waals surface area contributed by atoms with Crippen LogP contribution < -0.4 is 4.90 Å². The Kier molecular flexibility index (Phi) is 11.8. The van der Waals surface area contributed by atoms with Gasteiger partial charge in [-0.05, 0) is 56.4 Å². The van der Waals surface area contributed by atoms with Crippen LogP contribution in [0.2, 0.25) is 0 Å². The Labute approximate surface area is 238 Å². The number of rotatable bonds is 15. The molecule has 1 aromatic heterocycles. The van der Waals surface area contributed by atoms with Gasteiger partial charge in [-0.3, -0.25) is 19.0 Å². The number of fused-ring (bicyclic) bond motifs is 1. The fourth-order valence-corrected chi connectivity index (χ4v) is 5.27. The predicted molar refractivity (Wildman–Crippen MR) is 162 cm³/mol. The molecular weight excluding hydrogens is 502 g/mol. The van der Waals surface area contributed by atoms with Crippen molar-refractivity contribution in [1.29, 1.82) is 0 Å². The Morgan fingerprint density at radius 3 is 2.27 bits per heavy atom. The van der Waals surface area contributed by atoms with Crippen molar-refractivity contribution in [3.63, 3.8) is 0 Å². The average Bonchev–Trinajstić information content (AvgIpc) is 3.22. The van der Waals surface area contributed by atoms with E-state index in [1.165, 1.54) is 0 Å². The monoisotopic (exact) mass is 547 g/mol. The lowest BCUT2D eigenvalue weighted by molar-refractivity contribution is -0.130. The number of aromatic hydroxyl groups is 1. The van der Waals surface area contributed by atoms with Crippen LogP contribution in [0.5, 0.6) is 5.75 Å². The lowest BCUT2D eigenvalue weighted by Crippen LogP contribution is -2.30. The van der Waals surface area contributed by atoms with Gasteiger partial charge in [-0.2, -0.15) is 0 Å². The summed E-state index contributed by atoms with van der Waals surface area (Å²) < 4.78 is 1.69. The van der Waals surface area contributed by atoms with Crippen molar-refractivity contribution in [3.05, 3.63) is 59.8 Å². The molecule has 0 radical (unpaired) electrons. The zero-order valence-corrected chi connectivity index (χ0v) is 24.6. The van der Waals surface area contributed by atoms with E-state index in [9.17, 15) is 19.5 Å². The smallest absolute Gasteiger partial charge is 0.231 e. The quantitative estimate of drug-likeness (QED) is 0.210. The molecule has 0 saturated heterocycles. The minimum atomic E-state index is -0.0945.